The average Bonchev–Trinajstić information content (AvgIpc) is 3.04. The second-order valence-electron chi connectivity index (χ2n) is 6.78. The Kier molecular flexibility index (Phi) is 4.16. The number of fused-ring (bicyclic) bond motifs is 1. The van der Waals surface area contributed by atoms with Gasteiger partial charge in [0.1, 0.15) is 5.01 Å². The summed E-state index contributed by atoms with van der Waals surface area (Å²) < 4.78 is 0. The summed E-state index contributed by atoms with van der Waals surface area (Å²) in [5.41, 5.74) is 0. The molecule has 1 aromatic rings. The molecule has 3 rings (SSSR count). The molecule has 2 fully saturated rings. The zero-order chi connectivity index (χ0) is 14.3. The summed E-state index contributed by atoms with van der Waals surface area (Å²) in [6.45, 7) is 13.0. The maximum atomic E-state index is 4.63. The lowest BCUT2D eigenvalue weighted by Gasteiger charge is -2.47. The quantitative estimate of drug-likeness (QED) is 0.852. The van der Waals surface area contributed by atoms with E-state index in [0.717, 1.165) is 6.04 Å². The van der Waals surface area contributed by atoms with Gasteiger partial charge in [0.05, 0.1) is 6.04 Å². The minimum atomic E-state index is 0.462. The summed E-state index contributed by atoms with van der Waals surface area (Å²) in [5, 5.41) is 1.29. The van der Waals surface area contributed by atoms with Crippen molar-refractivity contribution < 1.29 is 0 Å². The number of hydrogen-bond donors (Lipinski definition) is 0. The maximum Gasteiger partial charge on any atom is 0.110 e. The number of thiazole rings is 1. The highest BCUT2D eigenvalue weighted by Crippen LogP contribution is 2.34. The average molecular weight is 293 g/mol. The molecular formula is C16H27N3S. The summed E-state index contributed by atoms with van der Waals surface area (Å²) >= 11 is 1.86. The van der Waals surface area contributed by atoms with E-state index in [1.165, 1.54) is 42.4 Å². The summed E-state index contributed by atoms with van der Waals surface area (Å²) in [4.78, 5) is 11.4. The minimum Gasteiger partial charge on any atom is -0.298 e. The number of aromatic nitrogens is 1. The van der Waals surface area contributed by atoms with Crippen molar-refractivity contribution in [2.75, 3.05) is 19.6 Å². The van der Waals surface area contributed by atoms with Gasteiger partial charge in [-0.15, -0.1) is 11.3 Å². The van der Waals surface area contributed by atoms with Crippen LogP contribution in [0.5, 0.6) is 0 Å². The molecule has 0 amide bonds. The van der Waals surface area contributed by atoms with Gasteiger partial charge in [-0.1, -0.05) is 13.8 Å². The standard InChI is InChI=1S/C16H27N3S/c1-11(2)15-10-18-7-5-6-14(18)9-19(15)13(4)16-17-8-12(3)20-16/h8,11,13-15H,5-7,9-10H2,1-4H3. The lowest BCUT2D eigenvalue weighted by atomic mass is 9.95. The van der Waals surface area contributed by atoms with E-state index < -0.39 is 0 Å². The third-order valence-electron chi connectivity index (χ3n) is 5.03. The number of aryl methyl sites for hydroxylation is 1. The molecule has 3 unspecified atom stereocenters. The highest BCUT2D eigenvalue weighted by Gasteiger charge is 2.39. The van der Waals surface area contributed by atoms with Crippen molar-refractivity contribution >= 4 is 11.3 Å². The van der Waals surface area contributed by atoms with Gasteiger partial charge in [0, 0.05) is 36.2 Å². The van der Waals surface area contributed by atoms with Gasteiger partial charge in [-0.2, -0.15) is 0 Å². The van der Waals surface area contributed by atoms with E-state index >= 15 is 0 Å². The van der Waals surface area contributed by atoms with Crippen molar-refractivity contribution in [3.8, 4) is 0 Å². The first-order valence-electron chi connectivity index (χ1n) is 7.98. The van der Waals surface area contributed by atoms with Crippen LogP contribution in [-0.2, 0) is 0 Å². The molecular weight excluding hydrogens is 266 g/mol. The first-order valence-corrected chi connectivity index (χ1v) is 8.80. The molecule has 2 saturated heterocycles. The van der Waals surface area contributed by atoms with Gasteiger partial charge in [-0.3, -0.25) is 9.80 Å². The molecule has 0 aromatic carbocycles. The normalized spacial score (nSPS) is 29.9. The third-order valence-corrected chi connectivity index (χ3v) is 6.11. The largest absolute Gasteiger partial charge is 0.298 e. The summed E-state index contributed by atoms with van der Waals surface area (Å²) in [5.74, 6) is 0.708. The molecule has 4 heteroatoms. The molecule has 20 heavy (non-hydrogen) atoms. The Balaban J connectivity index is 1.81. The third kappa shape index (κ3) is 2.66. The van der Waals surface area contributed by atoms with E-state index in [2.05, 4.69) is 42.5 Å². The molecule has 2 aliphatic heterocycles. The van der Waals surface area contributed by atoms with Crippen LogP contribution in [0.4, 0.5) is 0 Å². The van der Waals surface area contributed by atoms with E-state index in [0.29, 0.717) is 18.0 Å². The molecule has 0 bridgehead atoms. The number of nitrogens with zero attached hydrogens (tertiary/aromatic N) is 3. The van der Waals surface area contributed by atoms with Gasteiger partial charge < -0.3 is 0 Å². The fourth-order valence-electron chi connectivity index (χ4n) is 3.81. The minimum absolute atomic E-state index is 0.462. The summed E-state index contributed by atoms with van der Waals surface area (Å²) in [6.07, 6.45) is 4.78. The van der Waals surface area contributed by atoms with Crippen LogP contribution in [0.2, 0.25) is 0 Å². The molecule has 0 N–H and O–H groups in total. The van der Waals surface area contributed by atoms with Crippen LogP contribution in [-0.4, -0.2) is 46.5 Å². The van der Waals surface area contributed by atoms with Crippen molar-refractivity contribution in [1.82, 2.24) is 14.8 Å². The molecule has 3 heterocycles. The highest BCUT2D eigenvalue weighted by molar-refractivity contribution is 7.11. The molecule has 0 spiro atoms. The van der Waals surface area contributed by atoms with E-state index in [1.807, 2.05) is 17.5 Å². The summed E-state index contributed by atoms with van der Waals surface area (Å²) in [7, 11) is 0. The van der Waals surface area contributed by atoms with E-state index in [4.69, 9.17) is 0 Å². The van der Waals surface area contributed by atoms with Crippen LogP contribution in [0.15, 0.2) is 6.20 Å². The van der Waals surface area contributed by atoms with E-state index in [1.54, 1.807) is 0 Å². The molecule has 0 aliphatic carbocycles. The number of piperazine rings is 1. The second-order valence-corrected chi connectivity index (χ2v) is 8.05. The first kappa shape index (κ1) is 14.5. The van der Waals surface area contributed by atoms with Crippen molar-refractivity contribution in [1.29, 1.82) is 0 Å². The predicted octanol–water partition coefficient (Wildman–Crippen LogP) is 3.32. The Hall–Kier alpha value is -0.450. The molecule has 3 atom stereocenters. The zero-order valence-electron chi connectivity index (χ0n) is 13.2. The first-order chi connectivity index (χ1) is 9.56. The van der Waals surface area contributed by atoms with Gasteiger partial charge in [0.2, 0.25) is 0 Å². The van der Waals surface area contributed by atoms with Gasteiger partial charge in [-0.25, -0.2) is 4.98 Å². The van der Waals surface area contributed by atoms with E-state index in [-0.39, 0.29) is 0 Å². The smallest absolute Gasteiger partial charge is 0.110 e. The van der Waals surface area contributed by atoms with Crippen molar-refractivity contribution in [3.63, 3.8) is 0 Å². The van der Waals surface area contributed by atoms with Crippen molar-refractivity contribution in [2.45, 2.75) is 58.7 Å². The highest BCUT2D eigenvalue weighted by atomic mass is 32.1. The molecule has 1 aromatic heterocycles. The van der Waals surface area contributed by atoms with E-state index in [9.17, 15) is 0 Å². The molecule has 3 nitrogen and oxygen atoms in total. The monoisotopic (exact) mass is 293 g/mol. The van der Waals surface area contributed by atoms with Gasteiger partial charge in [0.25, 0.3) is 0 Å². The Morgan fingerprint density at radius 3 is 2.75 bits per heavy atom. The molecule has 0 saturated carbocycles. The SMILES string of the molecule is Cc1cnc(C(C)N2CC3CCCN3CC2C(C)C)s1. The van der Waals surface area contributed by atoms with Crippen LogP contribution in [0.1, 0.15) is 49.5 Å². The maximum absolute atomic E-state index is 4.63. The predicted molar refractivity (Wildman–Crippen MR) is 85.2 cm³/mol. The van der Waals surface area contributed by atoms with Crippen molar-refractivity contribution in [2.24, 2.45) is 5.92 Å². The van der Waals surface area contributed by atoms with Crippen LogP contribution < -0.4 is 0 Å². The molecule has 0 radical (unpaired) electrons. The summed E-state index contributed by atoms with van der Waals surface area (Å²) in [6, 6.07) is 1.92. The Morgan fingerprint density at radius 1 is 1.30 bits per heavy atom. The lowest BCUT2D eigenvalue weighted by Crippen LogP contribution is -2.58. The van der Waals surface area contributed by atoms with Crippen molar-refractivity contribution in [3.05, 3.63) is 16.1 Å². The number of rotatable bonds is 3. The lowest BCUT2D eigenvalue weighted by molar-refractivity contribution is 0.00400. The van der Waals surface area contributed by atoms with Gasteiger partial charge >= 0.3 is 0 Å². The topological polar surface area (TPSA) is 19.4 Å². The fourth-order valence-corrected chi connectivity index (χ4v) is 4.66. The Morgan fingerprint density at radius 2 is 2.10 bits per heavy atom. The van der Waals surface area contributed by atoms with Crippen LogP contribution in [0.25, 0.3) is 0 Å². The fraction of sp³-hybridized carbons (Fsp3) is 0.812. The van der Waals surface area contributed by atoms with Gasteiger partial charge in [-0.05, 0) is 39.2 Å². The Labute approximate surface area is 127 Å². The van der Waals surface area contributed by atoms with Crippen LogP contribution in [0.3, 0.4) is 0 Å². The second kappa shape index (κ2) is 5.74. The van der Waals surface area contributed by atoms with Crippen LogP contribution in [0, 0.1) is 12.8 Å². The molecule has 2 aliphatic rings. The Bertz CT molecular complexity index is 456. The zero-order valence-corrected chi connectivity index (χ0v) is 14.0. The van der Waals surface area contributed by atoms with Crippen LogP contribution >= 0.6 is 11.3 Å². The molecule has 112 valence electrons. The number of hydrogen-bond acceptors (Lipinski definition) is 4. The van der Waals surface area contributed by atoms with Gasteiger partial charge in [0.15, 0.2) is 0 Å².